The highest BCUT2D eigenvalue weighted by Gasteiger charge is 2.20. The van der Waals surface area contributed by atoms with Crippen LogP contribution in [0.5, 0.6) is 5.75 Å². The van der Waals surface area contributed by atoms with Crippen molar-refractivity contribution in [1.29, 1.82) is 0 Å². The predicted octanol–water partition coefficient (Wildman–Crippen LogP) is 0.607. The number of nitrogens with one attached hydrogen (secondary N) is 2. The summed E-state index contributed by atoms with van der Waals surface area (Å²) >= 11 is 0. The van der Waals surface area contributed by atoms with Crippen LogP contribution in [-0.4, -0.2) is 60.6 Å². The number of carbonyl (C=O) groups excluding carboxylic acids is 1. The Hall–Kier alpha value is -2.87. The number of para-hydroxylation sites is 1. The molecule has 1 aromatic carbocycles. The number of H-pyrrole nitrogens is 1. The van der Waals surface area contributed by atoms with E-state index >= 15 is 0 Å². The zero-order valence-electron chi connectivity index (χ0n) is 15.5. The number of amides is 1. The van der Waals surface area contributed by atoms with Crippen LogP contribution in [-0.2, 0) is 11.3 Å². The van der Waals surface area contributed by atoms with Gasteiger partial charge in [-0.3, -0.25) is 14.5 Å². The number of benzene rings is 1. The van der Waals surface area contributed by atoms with Crippen molar-refractivity contribution in [1.82, 2.24) is 20.2 Å². The fourth-order valence-electron chi connectivity index (χ4n) is 3.14. The Kier molecular flexibility index (Phi) is 6.43. The van der Waals surface area contributed by atoms with Crippen LogP contribution in [0.1, 0.15) is 12.0 Å². The van der Waals surface area contributed by atoms with E-state index in [1.54, 1.807) is 13.3 Å². The van der Waals surface area contributed by atoms with Gasteiger partial charge < -0.3 is 19.9 Å². The van der Waals surface area contributed by atoms with Crippen LogP contribution in [0.4, 0.5) is 5.82 Å². The molecule has 0 atom stereocenters. The maximum atomic E-state index is 12.1. The van der Waals surface area contributed by atoms with Gasteiger partial charge in [0.1, 0.15) is 5.75 Å². The van der Waals surface area contributed by atoms with Crippen molar-refractivity contribution in [3.63, 3.8) is 0 Å². The number of rotatable bonds is 7. The van der Waals surface area contributed by atoms with E-state index in [0.29, 0.717) is 25.3 Å². The quantitative estimate of drug-likeness (QED) is 0.741. The Morgan fingerprint density at radius 1 is 1.26 bits per heavy atom. The van der Waals surface area contributed by atoms with Gasteiger partial charge in [0.05, 0.1) is 7.11 Å². The lowest BCUT2D eigenvalue weighted by molar-refractivity contribution is -0.121. The highest BCUT2D eigenvalue weighted by molar-refractivity contribution is 5.76. The molecule has 1 aliphatic heterocycles. The van der Waals surface area contributed by atoms with Gasteiger partial charge in [-0.25, -0.2) is 4.98 Å². The van der Waals surface area contributed by atoms with Gasteiger partial charge in [0, 0.05) is 63.6 Å². The normalized spacial score (nSPS) is 14.8. The summed E-state index contributed by atoms with van der Waals surface area (Å²) in [7, 11) is 1.62. The third kappa shape index (κ3) is 5.07. The van der Waals surface area contributed by atoms with Gasteiger partial charge >= 0.3 is 0 Å². The predicted molar refractivity (Wildman–Crippen MR) is 103 cm³/mol. The molecule has 1 aliphatic rings. The number of piperazine rings is 1. The van der Waals surface area contributed by atoms with Gasteiger partial charge in [-0.15, -0.1) is 0 Å². The van der Waals surface area contributed by atoms with Gasteiger partial charge in [0.2, 0.25) is 5.91 Å². The maximum Gasteiger partial charge on any atom is 0.290 e. The van der Waals surface area contributed by atoms with E-state index in [0.717, 1.165) is 37.5 Å². The first-order valence-corrected chi connectivity index (χ1v) is 9.07. The number of anilines is 1. The fourth-order valence-corrected chi connectivity index (χ4v) is 3.14. The lowest BCUT2D eigenvalue weighted by Gasteiger charge is -2.34. The number of aromatic amines is 1. The molecular formula is C19H25N5O3. The van der Waals surface area contributed by atoms with E-state index in [1.165, 1.54) is 6.20 Å². The van der Waals surface area contributed by atoms with Crippen molar-refractivity contribution < 1.29 is 9.53 Å². The number of carbonyl (C=O) groups is 1. The van der Waals surface area contributed by atoms with Gasteiger partial charge in [-0.05, 0) is 6.07 Å². The highest BCUT2D eigenvalue weighted by Crippen LogP contribution is 2.16. The molecule has 144 valence electrons. The maximum absolute atomic E-state index is 12.1. The van der Waals surface area contributed by atoms with Gasteiger partial charge in [0.25, 0.3) is 5.56 Å². The van der Waals surface area contributed by atoms with Crippen LogP contribution >= 0.6 is 0 Å². The molecule has 0 unspecified atom stereocenters. The van der Waals surface area contributed by atoms with Crippen molar-refractivity contribution in [2.24, 2.45) is 0 Å². The SMILES string of the molecule is COc1ccccc1CNC(=O)CCN1CCN(c2ncc[nH]c2=O)CC1. The fraction of sp³-hybridized carbons (Fsp3) is 0.421. The molecule has 3 rings (SSSR count). The summed E-state index contributed by atoms with van der Waals surface area (Å²) < 4.78 is 5.29. The number of aromatic nitrogens is 2. The summed E-state index contributed by atoms with van der Waals surface area (Å²) in [6.07, 6.45) is 3.57. The summed E-state index contributed by atoms with van der Waals surface area (Å²) in [6, 6.07) is 7.66. The summed E-state index contributed by atoms with van der Waals surface area (Å²) in [5.74, 6) is 1.26. The first kappa shape index (κ1) is 18.9. The van der Waals surface area contributed by atoms with Crippen LogP contribution in [0.2, 0.25) is 0 Å². The molecule has 1 fully saturated rings. The minimum absolute atomic E-state index is 0.0181. The van der Waals surface area contributed by atoms with E-state index in [9.17, 15) is 9.59 Å². The molecule has 0 bridgehead atoms. The average Bonchev–Trinajstić information content (AvgIpc) is 2.71. The molecule has 27 heavy (non-hydrogen) atoms. The molecular weight excluding hydrogens is 346 g/mol. The minimum Gasteiger partial charge on any atom is -0.496 e. The number of ether oxygens (including phenoxy) is 1. The lowest BCUT2D eigenvalue weighted by atomic mass is 10.2. The van der Waals surface area contributed by atoms with E-state index < -0.39 is 0 Å². The molecule has 0 spiro atoms. The number of nitrogens with zero attached hydrogens (tertiary/aromatic N) is 3. The summed E-state index contributed by atoms with van der Waals surface area (Å²) in [5.41, 5.74) is 0.796. The van der Waals surface area contributed by atoms with Crippen molar-refractivity contribution in [3.05, 3.63) is 52.6 Å². The topological polar surface area (TPSA) is 90.6 Å². The second-order valence-electron chi connectivity index (χ2n) is 6.41. The molecule has 2 N–H and O–H groups in total. The van der Waals surface area contributed by atoms with E-state index in [4.69, 9.17) is 4.74 Å². The summed E-state index contributed by atoms with van der Waals surface area (Å²) in [6.45, 7) is 4.21. The van der Waals surface area contributed by atoms with Crippen LogP contribution < -0.4 is 20.5 Å². The number of methoxy groups -OCH3 is 1. The third-order valence-electron chi connectivity index (χ3n) is 4.68. The van der Waals surface area contributed by atoms with Crippen LogP contribution in [0, 0.1) is 0 Å². The molecule has 0 saturated carbocycles. The Bertz CT molecular complexity index is 815. The average molecular weight is 371 g/mol. The van der Waals surface area contributed by atoms with Crippen LogP contribution in [0.15, 0.2) is 41.5 Å². The Labute approximate surface area is 158 Å². The summed E-state index contributed by atoms with van der Waals surface area (Å²) in [5, 5.41) is 2.94. The van der Waals surface area contributed by atoms with Crippen LogP contribution in [0.3, 0.4) is 0 Å². The molecule has 0 radical (unpaired) electrons. The first-order chi connectivity index (χ1) is 13.2. The van der Waals surface area contributed by atoms with Crippen molar-refractivity contribution in [2.75, 3.05) is 44.7 Å². The van der Waals surface area contributed by atoms with E-state index in [2.05, 4.69) is 20.2 Å². The van der Waals surface area contributed by atoms with Gasteiger partial charge in [-0.1, -0.05) is 18.2 Å². The molecule has 8 heteroatoms. The minimum atomic E-state index is -0.165. The van der Waals surface area contributed by atoms with Gasteiger partial charge in [0.15, 0.2) is 5.82 Å². The summed E-state index contributed by atoms with van der Waals surface area (Å²) in [4.78, 5) is 35.0. The Morgan fingerprint density at radius 3 is 2.78 bits per heavy atom. The standard InChI is InChI=1S/C19H25N5O3/c1-27-16-5-3-2-4-15(16)14-22-17(25)6-9-23-10-12-24(13-11-23)18-19(26)21-8-7-20-18/h2-5,7-8H,6,9-14H2,1H3,(H,21,26)(H,22,25). The second-order valence-corrected chi connectivity index (χ2v) is 6.41. The van der Waals surface area contributed by atoms with Crippen molar-refractivity contribution in [2.45, 2.75) is 13.0 Å². The molecule has 1 aromatic heterocycles. The molecule has 1 saturated heterocycles. The highest BCUT2D eigenvalue weighted by atomic mass is 16.5. The molecule has 8 nitrogen and oxygen atoms in total. The van der Waals surface area contributed by atoms with Crippen molar-refractivity contribution in [3.8, 4) is 5.75 Å². The van der Waals surface area contributed by atoms with E-state index in [1.807, 2.05) is 29.2 Å². The monoisotopic (exact) mass is 371 g/mol. The Morgan fingerprint density at radius 2 is 2.04 bits per heavy atom. The van der Waals surface area contributed by atoms with Crippen LogP contribution in [0.25, 0.3) is 0 Å². The zero-order chi connectivity index (χ0) is 19.1. The van der Waals surface area contributed by atoms with E-state index in [-0.39, 0.29) is 11.5 Å². The molecule has 0 aliphatic carbocycles. The third-order valence-corrected chi connectivity index (χ3v) is 4.68. The molecule has 2 aromatic rings. The van der Waals surface area contributed by atoms with Gasteiger partial charge in [-0.2, -0.15) is 0 Å². The molecule has 2 heterocycles. The van der Waals surface area contributed by atoms with Crippen molar-refractivity contribution >= 4 is 11.7 Å². The zero-order valence-corrected chi connectivity index (χ0v) is 15.5. The molecule has 1 amide bonds. The second kappa shape index (κ2) is 9.18. The number of hydrogen-bond donors (Lipinski definition) is 2. The smallest absolute Gasteiger partial charge is 0.290 e. The lowest BCUT2D eigenvalue weighted by Crippen LogP contribution is -2.48. The largest absolute Gasteiger partial charge is 0.496 e. The Balaban J connectivity index is 1.40. The first-order valence-electron chi connectivity index (χ1n) is 9.07. The number of hydrogen-bond acceptors (Lipinski definition) is 6.